The smallest absolute Gasteiger partial charge is 0.239 e. The summed E-state index contributed by atoms with van der Waals surface area (Å²) in [6, 6.07) is 5.23. The fourth-order valence-corrected chi connectivity index (χ4v) is 4.62. The van der Waals surface area contributed by atoms with Gasteiger partial charge in [-0.15, -0.1) is 0 Å². The summed E-state index contributed by atoms with van der Waals surface area (Å²) >= 11 is 0. The summed E-state index contributed by atoms with van der Waals surface area (Å²) in [7, 11) is 0. The minimum atomic E-state index is -2.00. The van der Waals surface area contributed by atoms with Crippen molar-refractivity contribution in [3.8, 4) is 40.1 Å². The molecule has 0 saturated carbocycles. The second-order valence-corrected chi connectivity index (χ2v) is 9.98. The molecule has 16 heteroatoms. The molecule has 8 atom stereocenters. The molecule has 3 aromatic rings. The second-order valence-electron chi connectivity index (χ2n) is 9.98. The fourth-order valence-electron chi connectivity index (χ4n) is 4.62. The number of rotatable bonds is 7. The SMILES string of the molecule is O=c1c(OC2OC(COC3OCC(O)(CO)C3O)C(O)C(O)C2O)c(-c2ccc(O)c(O)c2)oc2cc(O)cc(O)c12. The van der Waals surface area contributed by atoms with Crippen LogP contribution >= 0.6 is 0 Å². The molecule has 0 aliphatic carbocycles. The van der Waals surface area contributed by atoms with Crippen LogP contribution in [0.3, 0.4) is 0 Å². The molecule has 0 amide bonds. The monoisotopic (exact) mass is 596 g/mol. The number of ether oxygens (including phenoxy) is 4. The van der Waals surface area contributed by atoms with E-state index in [2.05, 4.69) is 0 Å². The number of benzene rings is 2. The van der Waals surface area contributed by atoms with Gasteiger partial charge in [-0.1, -0.05) is 0 Å². The Morgan fingerprint density at radius 3 is 2.31 bits per heavy atom. The Labute approximate surface area is 235 Å². The predicted octanol–water partition coefficient (Wildman–Crippen LogP) is -2.07. The Morgan fingerprint density at radius 1 is 0.905 bits per heavy atom. The van der Waals surface area contributed by atoms with Crippen molar-refractivity contribution in [2.75, 3.05) is 19.8 Å². The number of hydrogen-bond acceptors (Lipinski definition) is 16. The van der Waals surface area contributed by atoms with Gasteiger partial charge in [0.2, 0.25) is 17.5 Å². The average molecular weight is 596 g/mol. The van der Waals surface area contributed by atoms with Gasteiger partial charge in [-0.25, -0.2) is 0 Å². The summed E-state index contributed by atoms with van der Waals surface area (Å²) in [6.07, 6.45) is -12.1. The van der Waals surface area contributed by atoms with Gasteiger partial charge in [-0.05, 0) is 18.2 Å². The first-order valence-corrected chi connectivity index (χ1v) is 12.5. The van der Waals surface area contributed by atoms with Crippen LogP contribution in [-0.2, 0) is 14.2 Å². The molecule has 1 aromatic heterocycles. The summed E-state index contributed by atoms with van der Waals surface area (Å²) in [6.45, 7) is -1.89. The van der Waals surface area contributed by atoms with Gasteiger partial charge in [0.05, 0.1) is 19.8 Å². The predicted molar refractivity (Wildman–Crippen MR) is 136 cm³/mol. The fraction of sp³-hybridized carbons (Fsp3) is 0.423. The zero-order chi connectivity index (χ0) is 30.5. The third kappa shape index (κ3) is 5.19. The van der Waals surface area contributed by atoms with Gasteiger partial charge in [0, 0.05) is 17.7 Å². The van der Waals surface area contributed by atoms with Crippen LogP contribution in [0.5, 0.6) is 28.7 Å². The van der Waals surface area contributed by atoms with Crippen LogP contribution in [0.4, 0.5) is 0 Å². The van der Waals surface area contributed by atoms with E-state index in [1.807, 2.05) is 0 Å². The van der Waals surface area contributed by atoms with Crippen molar-refractivity contribution in [1.29, 1.82) is 0 Å². The van der Waals surface area contributed by atoms with E-state index in [0.717, 1.165) is 24.3 Å². The van der Waals surface area contributed by atoms with E-state index in [1.54, 1.807) is 0 Å². The molecule has 8 unspecified atom stereocenters. The van der Waals surface area contributed by atoms with Crippen LogP contribution in [0.2, 0.25) is 0 Å². The number of hydrogen-bond donors (Lipinski definition) is 10. The molecule has 2 saturated heterocycles. The Kier molecular flexibility index (Phi) is 7.92. The lowest BCUT2D eigenvalue weighted by Gasteiger charge is -2.40. The van der Waals surface area contributed by atoms with Crippen LogP contribution in [0.1, 0.15) is 0 Å². The van der Waals surface area contributed by atoms with Crippen molar-refractivity contribution in [1.82, 2.24) is 0 Å². The highest BCUT2D eigenvalue weighted by molar-refractivity contribution is 5.88. The molecule has 0 spiro atoms. The quantitative estimate of drug-likeness (QED) is 0.131. The van der Waals surface area contributed by atoms with Crippen LogP contribution in [-0.4, -0.2) is 120 Å². The normalized spacial score (nSPS) is 31.4. The van der Waals surface area contributed by atoms with E-state index in [9.17, 15) is 55.9 Å². The van der Waals surface area contributed by atoms with Gasteiger partial charge in [-0.3, -0.25) is 4.79 Å². The maximum Gasteiger partial charge on any atom is 0.239 e. The standard InChI is InChI=1S/C26H28O16/c27-7-26(37)8-39-25(23(26)36)38-6-15-17(32)19(34)20(35)24(41-15)42-22-18(33)16-13(31)4-10(28)5-14(16)40-21(22)9-1-2-11(29)12(30)3-9/h1-5,15,17,19-20,23-25,27-32,34-37H,6-8H2. The van der Waals surface area contributed by atoms with Gasteiger partial charge in [0.1, 0.15) is 58.6 Å². The van der Waals surface area contributed by atoms with Gasteiger partial charge in [-0.2, -0.15) is 0 Å². The first-order chi connectivity index (χ1) is 19.8. The van der Waals surface area contributed by atoms with E-state index in [1.165, 1.54) is 6.07 Å². The number of aliphatic hydroxyl groups excluding tert-OH is 5. The molecular weight excluding hydrogens is 568 g/mol. The molecule has 2 aliphatic heterocycles. The van der Waals surface area contributed by atoms with Crippen LogP contribution in [0, 0.1) is 0 Å². The Hall–Kier alpha value is -3.71. The maximum absolute atomic E-state index is 13.5. The average Bonchev–Trinajstić information content (AvgIpc) is 3.24. The minimum absolute atomic E-state index is 0.0309. The number of phenols is 4. The lowest BCUT2D eigenvalue weighted by Crippen LogP contribution is -2.60. The first kappa shape index (κ1) is 29.8. The second kappa shape index (κ2) is 11.2. The van der Waals surface area contributed by atoms with Gasteiger partial charge >= 0.3 is 0 Å². The van der Waals surface area contributed by atoms with Gasteiger partial charge < -0.3 is 74.4 Å². The lowest BCUT2D eigenvalue weighted by molar-refractivity contribution is -0.289. The zero-order valence-corrected chi connectivity index (χ0v) is 21.5. The van der Waals surface area contributed by atoms with Crippen molar-refractivity contribution < 1.29 is 74.4 Å². The Morgan fingerprint density at radius 2 is 1.64 bits per heavy atom. The molecule has 0 radical (unpaired) electrons. The van der Waals surface area contributed by atoms with Crippen molar-refractivity contribution in [3.63, 3.8) is 0 Å². The molecule has 2 aromatic carbocycles. The summed E-state index contributed by atoms with van der Waals surface area (Å²) in [5, 5.41) is 101. The molecule has 3 heterocycles. The largest absolute Gasteiger partial charge is 0.508 e. The molecule has 5 rings (SSSR count). The summed E-state index contributed by atoms with van der Waals surface area (Å²) in [4.78, 5) is 13.5. The first-order valence-electron chi connectivity index (χ1n) is 12.5. The molecule has 42 heavy (non-hydrogen) atoms. The van der Waals surface area contributed by atoms with E-state index in [-0.39, 0.29) is 11.1 Å². The number of phenolic OH excluding ortho intramolecular Hbond substituents is 4. The minimum Gasteiger partial charge on any atom is -0.508 e. The van der Waals surface area contributed by atoms with Crippen molar-refractivity contribution in [2.45, 2.75) is 48.7 Å². The molecule has 228 valence electrons. The lowest BCUT2D eigenvalue weighted by atomic mass is 9.99. The third-order valence-corrected chi connectivity index (χ3v) is 7.06. The van der Waals surface area contributed by atoms with Crippen molar-refractivity contribution in [3.05, 3.63) is 40.6 Å². The number of aromatic hydroxyl groups is 4. The van der Waals surface area contributed by atoms with Gasteiger partial charge in [0.15, 0.2) is 23.5 Å². The van der Waals surface area contributed by atoms with E-state index >= 15 is 0 Å². The highest BCUT2D eigenvalue weighted by Gasteiger charge is 2.50. The molecule has 10 N–H and O–H groups in total. The van der Waals surface area contributed by atoms with E-state index in [4.69, 9.17) is 23.4 Å². The third-order valence-electron chi connectivity index (χ3n) is 7.06. The summed E-state index contributed by atoms with van der Waals surface area (Å²) in [5.41, 5.74) is -3.34. The molecular formula is C26H28O16. The maximum atomic E-state index is 13.5. The topological polar surface area (TPSA) is 269 Å². The van der Waals surface area contributed by atoms with Crippen LogP contribution in [0.25, 0.3) is 22.3 Å². The van der Waals surface area contributed by atoms with Gasteiger partial charge in [0.25, 0.3) is 0 Å². The highest BCUT2D eigenvalue weighted by Crippen LogP contribution is 2.39. The van der Waals surface area contributed by atoms with Crippen LogP contribution in [0.15, 0.2) is 39.5 Å². The summed E-state index contributed by atoms with van der Waals surface area (Å²) < 4.78 is 27.5. The molecule has 2 fully saturated rings. The highest BCUT2D eigenvalue weighted by atomic mass is 16.7. The van der Waals surface area contributed by atoms with Crippen molar-refractivity contribution in [2.24, 2.45) is 0 Å². The molecule has 2 aliphatic rings. The van der Waals surface area contributed by atoms with Crippen LogP contribution < -0.4 is 10.2 Å². The molecule has 16 nitrogen and oxygen atoms in total. The summed E-state index contributed by atoms with van der Waals surface area (Å²) in [5.74, 6) is -3.33. The Balaban J connectivity index is 1.48. The van der Waals surface area contributed by atoms with E-state index in [0.29, 0.717) is 0 Å². The number of fused-ring (bicyclic) bond motifs is 1. The Bertz CT molecular complexity index is 1520. The number of aliphatic hydroxyl groups is 6. The van der Waals surface area contributed by atoms with Crippen molar-refractivity contribution >= 4 is 11.0 Å². The molecule has 0 bridgehead atoms. The zero-order valence-electron chi connectivity index (χ0n) is 21.5. The van der Waals surface area contributed by atoms with E-state index < -0.39 is 114 Å².